The largest absolute Gasteiger partial charge is 0.494 e. The summed E-state index contributed by atoms with van der Waals surface area (Å²) in [6.45, 7) is 1.53. The SMILES string of the molecule is COc1cc(N2CCC(NS(C)(=O)=O)CC2)ccc1Nc1nc(NC2CCCCC2)c2[nH]c[nH+]c2n1. The van der Waals surface area contributed by atoms with E-state index < -0.39 is 10.0 Å². The minimum absolute atomic E-state index is 0.0206. The number of ether oxygens (including phenoxy) is 1. The van der Waals surface area contributed by atoms with Gasteiger partial charge in [0.1, 0.15) is 5.75 Å². The van der Waals surface area contributed by atoms with Crippen LogP contribution in [0.15, 0.2) is 24.5 Å². The number of imidazole rings is 1. The normalized spacial score (nSPS) is 17.9. The molecule has 36 heavy (non-hydrogen) atoms. The number of methoxy groups -OCH3 is 1. The van der Waals surface area contributed by atoms with Gasteiger partial charge in [0.15, 0.2) is 12.1 Å². The summed E-state index contributed by atoms with van der Waals surface area (Å²) >= 11 is 0. The van der Waals surface area contributed by atoms with E-state index in [4.69, 9.17) is 9.72 Å². The molecule has 2 aromatic heterocycles. The van der Waals surface area contributed by atoms with E-state index in [-0.39, 0.29) is 6.04 Å². The van der Waals surface area contributed by atoms with Crippen LogP contribution in [-0.4, -0.2) is 61.9 Å². The van der Waals surface area contributed by atoms with Crippen molar-refractivity contribution in [2.45, 2.75) is 57.0 Å². The number of fused-ring (bicyclic) bond motifs is 1. The van der Waals surface area contributed by atoms with Crippen LogP contribution in [0.1, 0.15) is 44.9 Å². The average molecular weight is 516 g/mol. The molecule has 5 N–H and O–H groups in total. The summed E-state index contributed by atoms with van der Waals surface area (Å²) in [7, 11) is -1.55. The van der Waals surface area contributed by atoms with Crippen molar-refractivity contribution in [1.29, 1.82) is 0 Å². The zero-order valence-electron chi connectivity index (χ0n) is 20.8. The maximum atomic E-state index is 11.5. The summed E-state index contributed by atoms with van der Waals surface area (Å²) in [6.07, 6.45) is 10.6. The Balaban J connectivity index is 1.31. The van der Waals surface area contributed by atoms with Gasteiger partial charge in [-0.3, -0.25) is 4.98 Å². The molecule has 1 saturated heterocycles. The van der Waals surface area contributed by atoms with E-state index in [2.05, 4.69) is 35.2 Å². The number of aromatic amines is 2. The molecule has 1 saturated carbocycles. The molecule has 0 bridgehead atoms. The molecular formula is C24H35N8O3S+. The van der Waals surface area contributed by atoms with Crippen LogP contribution < -0.4 is 30.0 Å². The molecule has 2 aliphatic rings. The molecule has 3 aromatic rings. The first-order valence-electron chi connectivity index (χ1n) is 12.6. The highest BCUT2D eigenvalue weighted by Crippen LogP contribution is 2.33. The van der Waals surface area contributed by atoms with E-state index in [1.54, 1.807) is 13.4 Å². The Morgan fingerprint density at radius 2 is 1.86 bits per heavy atom. The Morgan fingerprint density at radius 1 is 1.08 bits per heavy atom. The summed E-state index contributed by atoms with van der Waals surface area (Å²) in [5, 5.41) is 6.94. The Hall–Kier alpha value is -3.12. The second-order valence-corrected chi connectivity index (χ2v) is 11.5. The predicted molar refractivity (Wildman–Crippen MR) is 140 cm³/mol. The monoisotopic (exact) mass is 515 g/mol. The van der Waals surface area contributed by atoms with Gasteiger partial charge in [-0.15, -0.1) is 0 Å². The van der Waals surface area contributed by atoms with Crippen molar-refractivity contribution in [2.75, 3.05) is 42.0 Å². The lowest BCUT2D eigenvalue weighted by atomic mass is 9.95. The van der Waals surface area contributed by atoms with E-state index in [0.717, 1.165) is 67.1 Å². The third-order valence-electron chi connectivity index (χ3n) is 6.95. The number of aromatic nitrogens is 4. The van der Waals surface area contributed by atoms with Crippen LogP contribution in [0.3, 0.4) is 0 Å². The molecule has 0 unspecified atom stereocenters. The van der Waals surface area contributed by atoms with E-state index in [1.165, 1.54) is 25.5 Å². The van der Waals surface area contributed by atoms with Gasteiger partial charge in [-0.25, -0.2) is 18.1 Å². The van der Waals surface area contributed by atoms with Crippen LogP contribution in [0.25, 0.3) is 11.2 Å². The van der Waals surface area contributed by atoms with Gasteiger partial charge in [0.2, 0.25) is 15.5 Å². The van der Waals surface area contributed by atoms with Crippen LogP contribution in [0.5, 0.6) is 5.75 Å². The van der Waals surface area contributed by atoms with Crippen LogP contribution in [0.2, 0.25) is 0 Å². The highest BCUT2D eigenvalue weighted by atomic mass is 32.2. The van der Waals surface area contributed by atoms with Gasteiger partial charge in [0.05, 0.1) is 19.1 Å². The van der Waals surface area contributed by atoms with Gasteiger partial charge in [0, 0.05) is 36.9 Å². The third-order valence-corrected chi connectivity index (χ3v) is 7.71. The number of nitrogens with zero attached hydrogens (tertiary/aromatic N) is 3. The number of rotatable bonds is 8. The highest BCUT2D eigenvalue weighted by molar-refractivity contribution is 7.88. The predicted octanol–water partition coefficient (Wildman–Crippen LogP) is 2.79. The Labute approximate surface area is 211 Å². The minimum atomic E-state index is -3.19. The second kappa shape index (κ2) is 10.5. The standard InChI is InChI=1S/C24H34N8O3S/c1-35-20-14-18(32-12-10-17(11-13-32)31-36(2,33)34)8-9-19(20)28-24-29-22-21(25-15-26-22)23(30-24)27-16-6-4-3-5-7-16/h8-9,14-17,31H,3-7,10-13H2,1-2H3,(H3,25,26,27,28,29,30)/p+1. The summed E-state index contributed by atoms with van der Waals surface area (Å²) in [5.41, 5.74) is 3.40. The van der Waals surface area contributed by atoms with E-state index in [0.29, 0.717) is 17.7 Å². The van der Waals surface area contributed by atoms with Gasteiger partial charge in [-0.05, 0) is 37.8 Å². The molecule has 0 spiro atoms. The van der Waals surface area contributed by atoms with Gasteiger partial charge < -0.3 is 20.3 Å². The molecule has 0 atom stereocenters. The molecule has 1 aliphatic carbocycles. The summed E-state index contributed by atoms with van der Waals surface area (Å²) < 4.78 is 31.5. The number of sulfonamides is 1. The Morgan fingerprint density at radius 3 is 2.58 bits per heavy atom. The van der Waals surface area contributed by atoms with Crippen LogP contribution in [0, 0.1) is 0 Å². The van der Waals surface area contributed by atoms with Gasteiger partial charge in [-0.1, -0.05) is 24.2 Å². The van der Waals surface area contributed by atoms with Crippen molar-refractivity contribution in [3.63, 3.8) is 0 Å². The molecule has 1 aromatic carbocycles. The van der Waals surface area contributed by atoms with Gasteiger partial charge in [0.25, 0.3) is 0 Å². The zero-order valence-corrected chi connectivity index (χ0v) is 21.6. The van der Waals surface area contributed by atoms with Crippen molar-refractivity contribution in [1.82, 2.24) is 19.7 Å². The minimum Gasteiger partial charge on any atom is -0.494 e. The average Bonchev–Trinajstić information content (AvgIpc) is 3.34. The maximum absolute atomic E-state index is 11.5. The molecule has 12 heteroatoms. The molecule has 3 heterocycles. The molecule has 0 radical (unpaired) electrons. The smallest absolute Gasteiger partial charge is 0.307 e. The third kappa shape index (κ3) is 5.81. The van der Waals surface area contributed by atoms with E-state index in [9.17, 15) is 8.42 Å². The molecule has 11 nitrogen and oxygen atoms in total. The second-order valence-electron chi connectivity index (χ2n) is 9.69. The number of anilines is 4. The van der Waals surface area contributed by atoms with E-state index in [1.807, 2.05) is 18.2 Å². The molecule has 2 fully saturated rings. The molecule has 194 valence electrons. The first kappa shape index (κ1) is 24.6. The topological polar surface area (TPSA) is 138 Å². The molecule has 0 amide bonds. The Kier molecular flexibility index (Phi) is 7.15. The van der Waals surface area contributed by atoms with Crippen LogP contribution >= 0.6 is 0 Å². The number of H-pyrrole nitrogens is 2. The van der Waals surface area contributed by atoms with Crippen molar-refractivity contribution >= 4 is 44.3 Å². The molecule has 1 aliphatic heterocycles. The van der Waals surface area contributed by atoms with Crippen molar-refractivity contribution in [2.24, 2.45) is 0 Å². The summed E-state index contributed by atoms with van der Waals surface area (Å²) in [6, 6.07) is 6.40. The van der Waals surface area contributed by atoms with Crippen LogP contribution in [0.4, 0.5) is 23.1 Å². The van der Waals surface area contributed by atoms with Gasteiger partial charge >= 0.3 is 11.6 Å². The first-order valence-corrected chi connectivity index (χ1v) is 14.5. The van der Waals surface area contributed by atoms with Crippen LogP contribution in [-0.2, 0) is 10.0 Å². The van der Waals surface area contributed by atoms with E-state index >= 15 is 0 Å². The first-order chi connectivity index (χ1) is 17.4. The Bertz CT molecular complexity index is 1300. The quantitative estimate of drug-likeness (QED) is 0.359. The molecular weight excluding hydrogens is 480 g/mol. The lowest BCUT2D eigenvalue weighted by Gasteiger charge is -2.33. The highest BCUT2D eigenvalue weighted by Gasteiger charge is 2.24. The summed E-state index contributed by atoms with van der Waals surface area (Å²) in [5.74, 6) is 1.96. The fourth-order valence-corrected chi connectivity index (χ4v) is 5.98. The number of hydrogen-bond donors (Lipinski definition) is 4. The maximum Gasteiger partial charge on any atom is 0.307 e. The lowest BCUT2D eigenvalue weighted by molar-refractivity contribution is -0.347. The summed E-state index contributed by atoms with van der Waals surface area (Å²) in [4.78, 5) is 18.0. The number of benzene rings is 1. The zero-order chi connectivity index (χ0) is 25.1. The van der Waals surface area contributed by atoms with Crippen molar-refractivity contribution in [3.05, 3.63) is 24.5 Å². The number of piperidine rings is 1. The lowest BCUT2D eigenvalue weighted by Crippen LogP contribution is -2.44. The fourth-order valence-electron chi connectivity index (χ4n) is 5.14. The van der Waals surface area contributed by atoms with Crippen molar-refractivity contribution in [3.8, 4) is 5.75 Å². The number of hydrogen-bond acceptors (Lipinski definition) is 8. The van der Waals surface area contributed by atoms with Crippen molar-refractivity contribution < 1.29 is 18.1 Å². The number of nitrogens with one attached hydrogen (secondary N) is 5. The fraction of sp³-hybridized carbons (Fsp3) is 0.542. The molecule has 5 rings (SSSR count). The van der Waals surface area contributed by atoms with Gasteiger partial charge in [-0.2, -0.15) is 4.98 Å².